The zero-order chi connectivity index (χ0) is 24.0. The number of nitriles is 1. The molecule has 33 heavy (non-hydrogen) atoms. The van der Waals surface area contributed by atoms with Crippen molar-refractivity contribution in [3.05, 3.63) is 47.8 Å². The highest BCUT2D eigenvalue weighted by atomic mass is 19.4. The molecule has 0 aliphatic heterocycles. The predicted octanol–water partition coefficient (Wildman–Crippen LogP) is 5.51. The molecule has 1 fully saturated rings. The van der Waals surface area contributed by atoms with E-state index in [0.717, 1.165) is 0 Å². The Hall–Kier alpha value is -3.12. The number of carbonyl (C=O) groups excluding carboxylic acids is 1. The van der Waals surface area contributed by atoms with Crippen LogP contribution >= 0.6 is 0 Å². The van der Waals surface area contributed by atoms with Gasteiger partial charge in [-0.3, -0.25) is 10.1 Å². The van der Waals surface area contributed by atoms with Crippen LogP contribution in [-0.4, -0.2) is 23.7 Å². The van der Waals surface area contributed by atoms with Crippen LogP contribution < -0.4 is 10.6 Å². The maximum Gasteiger partial charge on any atom is 0.407 e. The van der Waals surface area contributed by atoms with Gasteiger partial charge in [0.15, 0.2) is 0 Å². The van der Waals surface area contributed by atoms with E-state index in [2.05, 4.69) is 10.6 Å². The maximum absolute atomic E-state index is 14.2. The van der Waals surface area contributed by atoms with Gasteiger partial charge in [-0.2, -0.15) is 18.4 Å². The first-order chi connectivity index (χ1) is 15.5. The number of nitrogens with one attached hydrogen (secondary N) is 2. The molecule has 0 saturated heterocycles. The molecule has 0 spiro atoms. The van der Waals surface area contributed by atoms with Gasteiger partial charge < -0.3 is 9.73 Å². The number of carbonyl (C=O) groups is 1. The van der Waals surface area contributed by atoms with Gasteiger partial charge in [-0.15, -0.1) is 0 Å². The van der Waals surface area contributed by atoms with Crippen LogP contribution in [0, 0.1) is 23.1 Å². The SMILES string of the molecule is CC(C)C[C@H](N[C@@H](c1ccc2oc3cc(F)ccc3c2c1)C(F)(F)F)C(=O)NC1(C#N)CC1. The quantitative estimate of drug-likeness (QED) is 0.455. The van der Waals surface area contributed by atoms with Crippen molar-refractivity contribution in [2.24, 2.45) is 5.92 Å². The summed E-state index contributed by atoms with van der Waals surface area (Å²) in [5.74, 6) is -1.19. The summed E-state index contributed by atoms with van der Waals surface area (Å²) in [6.45, 7) is 3.62. The van der Waals surface area contributed by atoms with Gasteiger partial charge in [0.05, 0.1) is 12.1 Å². The van der Waals surface area contributed by atoms with Gasteiger partial charge in [0.2, 0.25) is 5.91 Å². The van der Waals surface area contributed by atoms with Crippen molar-refractivity contribution in [3.8, 4) is 6.07 Å². The molecule has 2 aromatic carbocycles. The lowest BCUT2D eigenvalue weighted by molar-refractivity contribution is -0.161. The standard InChI is InChI=1S/C24H23F4N3O2/c1-13(2)9-18(22(32)31-23(12-29)7-8-23)30-21(24(26,27)28)14-3-6-19-17(10-14)16-5-4-15(25)11-20(16)33-19/h3-6,10-11,13,18,21,30H,7-9H2,1-2H3,(H,31,32)/t18-,21-/m0/s1. The van der Waals surface area contributed by atoms with Crippen molar-refractivity contribution >= 4 is 27.8 Å². The highest BCUT2D eigenvalue weighted by Crippen LogP contribution is 2.38. The highest BCUT2D eigenvalue weighted by molar-refractivity contribution is 6.05. The molecule has 174 valence electrons. The largest absolute Gasteiger partial charge is 0.456 e. The van der Waals surface area contributed by atoms with Gasteiger partial charge >= 0.3 is 6.18 Å². The van der Waals surface area contributed by atoms with E-state index in [0.29, 0.717) is 29.2 Å². The fraction of sp³-hybridized carbons (Fsp3) is 0.417. The van der Waals surface area contributed by atoms with Gasteiger partial charge in [0.1, 0.15) is 28.6 Å². The van der Waals surface area contributed by atoms with E-state index >= 15 is 0 Å². The number of benzene rings is 2. The molecular formula is C24H23F4N3O2. The molecule has 2 atom stereocenters. The zero-order valence-corrected chi connectivity index (χ0v) is 18.1. The number of furan rings is 1. The number of alkyl halides is 3. The van der Waals surface area contributed by atoms with E-state index < -0.39 is 35.5 Å². The first-order valence-electron chi connectivity index (χ1n) is 10.7. The Morgan fingerprint density at radius 3 is 2.48 bits per heavy atom. The minimum atomic E-state index is -4.69. The summed E-state index contributed by atoms with van der Waals surface area (Å²) >= 11 is 0. The van der Waals surface area contributed by atoms with Crippen LogP contribution in [-0.2, 0) is 4.79 Å². The van der Waals surface area contributed by atoms with E-state index in [1.54, 1.807) is 0 Å². The van der Waals surface area contributed by atoms with Crippen LogP contribution in [0.4, 0.5) is 17.6 Å². The third-order valence-corrected chi connectivity index (χ3v) is 5.84. The third kappa shape index (κ3) is 4.81. The molecule has 1 amide bonds. The lowest BCUT2D eigenvalue weighted by Gasteiger charge is -2.29. The van der Waals surface area contributed by atoms with Crippen LogP contribution in [0.15, 0.2) is 40.8 Å². The van der Waals surface area contributed by atoms with E-state index in [-0.39, 0.29) is 23.5 Å². The highest BCUT2D eigenvalue weighted by Gasteiger charge is 2.47. The van der Waals surface area contributed by atoms with Crippen molar-refractivity contribution < 1.29 is 26.8 Å². The van der Waals surface area contributed by atoms with E-state index in [4.69, 9.17) is 4.42 Å². The summed E-state index contributed by atoms with van der Waals surface area (Å²) in [6.07, 6.45) is -3.56. The Balaban J connectivity index is 1.69. The van der Waals surface area contributed by atoms with Gasteiger partial charge in [-0.1, -0.05) is 19.9 Å². The molecule has 1 aromatic heterocycles. The molecule has 2 N–H and O–H groups in total. The molecule has 0 radical (unpaired) electrons. The predicted molar refractivity (Wildman–Crippen MR) is 115 cm³/mol. The second-order valence-electron chi connectivity index (χ2n) is 9.00. The Morgan fingerprint density at radius 1 is 1.15 bits per heavy atom. The molecule has 3 aromatic rings. The van der Waals surface area contributed by atoms with Gasteiger partial charge in [-0.25, -0.2) is 4.39 Å². The minimum absolute atomic E-state index is 0.0606. The number of hydrogen-bond acceptors (Lipinski definition) is 4. The second-order valence-corrected chi connectivity index (χ2v) is 9.00. The Morgan fingerprint density at radius 2 is 1.88 bits per heavy atom. The maximum atomic E-state index is 14.2. The summed E-state index contributed by atoms with van der Waals surface area (Å²) in [5.41, 5.74) is -0.501. The molecule has 1 aliphatic carbocycles. The molecule has 0 bridgehead atoms. The van der Waals surface area contributed by atoms with Crippen molar-refractivity contribution in [2.45, 2.75) is 56.9 Å². The molecule has 1 saturated carbocycles. The number of amides is 1. The third-order valence-electron chi connectivity index (χ3n) is 5.84. The minimum Gasteiger partial charge on any atom is -0.456 e. The lowest BCUT2D eigenvalue weighted by Crippen LogP contribution is -2.52. The Kier molecular flexibility index (Phi) is 5.83. The average molecular weight is 461 g/mol. The first-order valence-corrected chi connectivity index (χ1v) is 10.7. The molecular weight excluding hydrogens is 438 g/mol. The average Bonchev–Trinajstić information content (AvgIpc) is 3.41. The monoisotopic (exact) mass is 461 g/mol. The smallest absolute Gasteiger partial charge is 0.407 e. The van der Waals surface area contributed by atoms with E-state index in [9.17, 15) is 27.6 Å². The number of fused-ring (bicyclic) bond motifs is 3. The van der Waals surface area contributed by atoms with Crippen molar-refractivity contribution in [1.82, 2.24) is 10.6 Å². The Bertz CT molecular complexity index is 1240. The van der Waals surface area contributed by atoms with Crippen molar-refractivity contribution in [1.29, 1.82) is 5.26 Å². The molecule has 9 heteroatoms. The summed E-state index contributed by atoms with van der Waals surface area (Å²) in [5, 5.41) is 15.3. The second kappa shape index (κ2) is 8.34. The van der Waals surface area contributed by atoms with E-state index in [1.165, 1.54) is 36.4 Å². The number of rotatable bonds is 7. The number of halogens is 4. The fourth-order valence-corrected chi connectivity index (χ4v) is 3.96. The van der Waals surface area contributed by atoms with Gasteiger partial charge in [0, 0.05) is 16.8 Å². The number of nitrogens with zero attached hydrogens (tertiary/aromatic N) is 1. The van der Waals surface area contributed by atoms with Crippen LogP contribution in [0.3, 0.4) is 0 Å². The summed E-state index contributed by atoms with van der Waals surface area (Å²) in [7, 11) is 0. The molecule has 1 heterocycles. The first kappa shape index (κ1) is 23.1. The number of hydrogen-bond donors (Lipinski definition) is 2. The molecule has 4 rings (SSSR count). The van der Waals surface area contributed by atoms with Gasteiger partial charge in [0.25, 0.3) is 0 Å². The van der Waals surface area contributed by atoms with E-state index in [1.807, 2.05) is 19.9 Å². The van der Waals surface area contributed by atoms with Crippen molar-refractivity contribution in [3.63, 3.8) is 0 Å². The lowest BCUT2D eigenvalue weighted by atomic mass is 9.98. The van der Waals surface area contributed by atoms with Crippen LogP contribution in [0.1, 0.15) is 44.7 Å². The summed E-state index contributed by atoms with van der Waals surface area (Å²) < 4.78 is 61.6. The normalized spacial score (nSPS) is 17.2. The molecule has 5 nitrogen and oxygen atoms in total. The fourth-order valence-electron chi connectivity index (χ4n) is 3.96. The van der Waals surface area contributed by atoms with Crippen LogP contribution in [0.25, 0.3) is 21.9 Å². The van der Waals surface area contributed by atoms with Crippen molar-refractivity contribution in [2.75, 3.05) is 0 Å². The van der Waals surface area contributed by atoms with Crippen LogP contribution in [0.2, 0.25) is 0 Å². The summed E-state index contributed by atoms with van der Waals surface area (Å²) in [4.78, 5) is 12.8. The van der Waals surface area contributed by atoms with Crippen LogP contribution in [0.5, 0.6) is 0 Å². The Labute approximate surface area is 187 Å². The molecule has 1 aliphatic rings. The zero-order valence-electron chi connectivity index (χ0n) is 18.1. The van der Waals surface area contributed by atoms with Gasteiger partial charge in [-0.05, 0) is 55.0 Å². The summed E-state index contributed by atoms with van der Waals surface area (Å²) in [6, 6.07) is 6.67. The molecule has 0 unspecified atom stereocenters. The topological polar surface area (TPSA) is 78.1 Å².